The van der Waals surface area contributed by atoms with Gasteiger partial charge in [-0.05, 0) is 119 Å². The van der Waals surface area contributed by atoms with Gasteiger partial charge in [0.2, 0.25) is 0 Å². The smallest absolute Gasteiger partial charge is 0.256 e. The first kappa shape index (κ1) is 35.6. The summed E-state index contributed by atoms with van der Waals surface area (Å²) < 4.78 is 9.61. The van der Waals surface area contributed by atoms with Crippen molar-refractivity contribution in [2.24, 2.45) is 0 Å². The highest BCUT2D eigenvalue weighted by Crippen LogP contribution is 2.44. The van der Waals surface area contributed by atoms with Crippen molar-refractivity contribution in [2.45, 2.75) is 26.2 Å². The summed E-state index contributed by atoms with van der Waals surface area (Å²) in [5, 5.41) is 2.49. The Bertz CT molecular complexity index is 3360. The number of benzene rings is 9. The number of ether oxygens (including phenoxy) is 1. The molecule has 0 atom stereocenters. The molecule has 0 spiro atoms. The van der Waals surface area contributed by atoms with Crippen LogP contribution in [-0.2, 0) is 5.41 Å². The van der Waals surface area contributed by atoms with Gasteiger partial charge in [-0.1, -0.05) is 185 Å². The predicted octanol–water partition coefficient (Wildman–Crippen LogP) is 13.4. The first-order valence-corrected chi connectivity index (χ1v) is 21.4. The fraction of sp³-hybridized carbons (Fsp3) is 0.0690. The molecule has 0 aliphatic carbocycles. The van der Waals surface area contributed by atoms with Gasteiger partial charge in [-0.15, -0.1) is 0 Å². The molecule has 2 aliphatic heterocycles. The molecule has 0 amide bonds. The van der Waals surface area contributed by atoms with E-state index in [0.29, 0.717) is 0 Å². The van der Waals surface area contributed by atoms with Crippen LogP contribution in [0.1, 0.15) is 26.3 Å². The van der Waals surface area contributed by atoms with Gasteiger partial charge in [0.1, 0.15) is 11.5 Å². The Morgan fingerprint density at radius 2 is 0.967 bits per heavy atom. The van der Waals surface area contributed by atoms with Gasteiger partial charge in [-0.25, -0.2) is 0 Å². The van der Waals surface area contributed by atoms with Crippen LogP contribution in [0.5, 0.6) is 11.5 Å². The van der Waals surface area contributed by atoms with E-state index in [1.165, 1.54) is 99.5 Å². The molecular weight excluding hydrogens is 737 g/mol. The molecule has 10 aromatic rings. The molecule has 288 valence electrons. The van der Waals surface area contributed by atoms with Crippen LogP contribution in [0.3, 0.4) is 0 Å². The number of nitrogens with zero attached hydrogens (tertiary/aromatic N) is 1. The maximum Gasteiger partial charge on any atom is 0.256 e. The monoisotopic (exact) mass is 779 g/mol. The molecule has 61 heavy (non-hydrogen) atoms. The van der Waals surface area contributed by atoms with Gasteiger partial charge < -0.3 is 9.30 Å². The standard InChI is InChI=1S/C58H42BNO/c1-58(2,3)43-28-30-54-50(36-43)59-51-33-42(47-26-16-14-24-45(47)39-21-11-6-12-22-39)32-49-48-31-40(46-25-15-13-23-44(46)38-19-9-5-10-20-38)27-29-52(48)60(57(49)51)53-34-41(35-55(61-54)56(53)59)37-17-7-4-8-18-37/h4-36H,1-3H3. The van der Waals surface area contributed by atoms with E-state index in [4.69, 9.17) is 4.74 Å². The van der Waals surface area contributed by atoms with Crippen LogP contribution in [-0.4, -0.2) is 11.3 Å². The lowest BCUT2D eigenvalue weighted by atomic mass is 9.34. The van der Waals surface area contributed by atoms with Crippen LogP contribution in [0.2, 0.25) is 0 Å². The minimum Gasteiger partial charge on any atom is -0.458 e. The molecule has 0 unspecified atom stereocenters. The molecule has 3 heterocycles. The lowest BCUT2D eigenvalue weighted by Crippen LogP contribution is -2.58. The zero-order valence-corrected chi connectivity index (χ0v) is 34.5. The second kappa shape index (κ2) is 13.6. The Hall–Kier alpha value is -7.36. The lowest BCUT2D eigenvalue weighted by molar-refractivity contribution is 0.486. The van der Waals surface area contributed by atoms with E-state index in [9.17, 15) is 0 Å². The van der Waals surface area contributed by atoms with Crippen LogP contribution < -0.4 is 21.1 Å². The molecule has 0 N–H and O–H groups in total. The van der Waals surface area contributed by atoms with Crippen molar-refractivity contribution in [2.75, 3.05) is 0 Å². The maximum atomic E-state index is 7.06. The molecule has 2 nitrogen and oxygen atoms in total. The molecule has 0 bridgehead atoms. The summed E-state index contributed by atoms with van der Waals surface area (Å²) in [6.45, 7) is 6.86. The molecule has 0 saturated heterocycles. The molecule has 9 aromatic carbocycles. The van der Waals surface area contributed by atoms with E-state index in [0.717, 1.165) is 17.1 Å². The van der Waals surface area contributed by atoms with Crippen LogP contribution in [0, 0.1) is 0 Å². The number of fused-ring (bicyclic) bond motifs is 7. The van der Waals surface area contributed by atoms with Gasteiger partial charge in [-0.2, -0.15) is 0 Å². The molecule has 0 saturated carbocycles. The van der Waals surface area contributed by atoms with Crippen molar-refractivity contribution >= 4 is 44.9 Å². The lowest BCUT2D eigenvalue weighted by Gasteiger charge is -2.35. The zero-order chi connectivity index (χ0) is 40.8. The molecule has 12 rings (SSSR count). The highest BCUT2D eigenvalue weighted by atomic mass is 16.5. The third kappa shape index (κ3) is 5.65. The van der Waals surface area contributed by atoms with Crippen LogP contribution >= 0.6 is 0 Å². The summed E-state index contributed by atoms with van der Waals surface area (Å²) in [4.78, 5) is 0. The van der Waals surface area contributed by atoms with Gasteiger partial charge in [0.15, 0.2) is 0 Å². The summed E-state index contributed by atoms with van der Waals surface area (Å²) in [6.07, 6.45) is 0. The minimum atomic E-state index is -0.0395. The molecule has 0 radical (unpaired) electrons. The molecule has 3 heteroatoms. The number of aromatic nitrogens is 1. The molecule has 0 fully saturated rings. The second-order valence-electron chi connectivity index (χ2n) is 17.7. The zero-order valence-electron chi connectivity index (χ0n) is 34.5. The van der Waals surface area contributed by atoms with Crippen LogP contribution in [0.25, 0.3) is 83.1 Å². The van der Waals surface area contributed by atoms with Gasteiger partial charge in [0.05, 0.1) is 5.52 Å². The van der Waals surface area contributed by atoms with Crippen molar-refractivity contribution in [3.05, 3.63) is 206 Å². The van der Waals surface area contributed by atoms with Crippen LogP contribution in [0.4, 0.5) is 0 Å². The molecular formula is C58H42BNO. The maximum absolute atomic E-state index is 7.06. The van der Waals surface area contributed by atoms with Crippen molar-refractivity contribution in [3.8, 4) is 72.8 Å². The predicted molar refractivity (Wildman–Crippen MR) is 258 cm³/mol. The first-order valence-electron chi connectivity index (χ1n) is 21.4. The van der Waals surface area contributed by atoms with E-state index in [1.54, 1.807) is 0 Å². The van der Waals surface area contributed by atoms with E-state index in [-0.39, 0.29) is 12.1 Å². The summed E-state index contributed by atoms with van der Waals surface area (Å²) >= 11 is 0. The number of hydrogen-bond acceptors (Lipinski definition) is 1. The first-order chi connectivity index (χ1) is 29.9. The average Bonchev–Trinajstić information content (AvgIpc) is 3.64. The van der Waals surface area contributed by atoms with E-state index < -0.39 is 0 Å². The van der Waals surface area contributed by atoms with Crippen LogP contribution in [0.15, 0.2) is 200 Å². The van der Waals surface area contributed by atoms with Gasteiger partial charge in [-0.3, -0.25) is 0 Å². The average molecular weight is 780 g/mol. The molecule has 2 aliphatic rings. The van der Waals surface area contributed by atoms with Crippen molar-refractivity contribution in [3.63, 3.8) is 0 Å². The second-order valence-corrected chi connectivity index (χ2v) is 17.7. The number of hydrogen-bond donors (Lipinski definition) is 0. The highest BCUT2D eigenvalue weighted by Gasteiger charge is 2.42. The third-order valence-electron chi connectivity index (χ3n) is 13.0. The largest absolute Gasteiger partial charge is 0.458 e. The third-order valence-corrected chi connectivity index (χ3v) is 13.0. The van der Waals surface area contributed by atoms with Crippen molar-refractivity contribution < 1.29 is 4.74 Å². The summed E-state index contributed by atoms with van der Waals surface area (Å²) in [5.41, 5.74) is 20.7. The quantitative estimate of drug-likeness (QED) is 0.159. The Kier molecular flexibility index (Phi) is 7.93. The summed E-state index contributed by atoms with van der Waals surface area (Å²) in [5.74, 6) is 1.84. The van der Waals surface area contributed by atoms with E-state index in [2.05, 4.69) is 226 Å². The summed E-state index contributed by atoms with van der Waals surface area (Å²) in [7, 11) is 0. The summed E-state index contributed by atoms with van der Waals surface area (Å²) in [6, 6.07) is 73.6. The van der Waals surface area contributed by atoms with Gasteiger partial charge in [0.25, 0.3) is 6.71 Å². The fourth-order valence-corrected chi connectivity index (χ4v) is 10.1. The topological polar surface area (TPSA) is 14.2 Å². The Morgan fingerprint density at radius 1 is 0.410 bits per heavy atom. The highest BCUT2D eigenvalue weighted by molar-refractivity contribution is 6.99. The fourth-order valence-electron chi connectivity index (χ4n) is 10.1. The minimum absolute atomic E-state index is 0.0307. The van der Waals surface area contributed by atoms with Gasteiger partial charge in [0, 0.05) is 22.0 Å². The Morgan fingerprint density at radius 3 is 1.59 bits per heavy atom. The molecule has 1 aromatic heterocycles. The van der Waals surface area contributed by atoms with Gasteiger partial charge >= 0.3 is 0 Å². The van der Waals surface area contributed by atoms with E-state index in [1.807, 2.05) is 0 Å². The SMILES string of the molecule is CC(C)(C)c1ccc2c(c1)B1c3c(cc(-c4ccccc4)cc3-n3c4ccc(-c5ccccc5-c5ccccc5)cc4c4cc(-c5ccccc5-c5ccccc5)cc1c43)O2. The normalized spacial score (nSPS) is 12.6. The Balaban J connectivity index is 1.21. The van der Waals surface area contributed by atoms with Crippen molar-refractivity contribution in [1.82, 2.24) is 4.57 Å². The van der Waals surface area contributed by atoms with Crippen molar-refractivity contribution in [1.29, 1.82) is 0 Å². The van der Waals surface area contributed by atoms with E-state index >= 15 is 0 Å². The Labute approximate surface area is 357 Å². The number of rotatable bonds is 5.